The standard InChI is InChI=1S/C30H53BN6O8/c1-8-10-19(27(40)43-7)12-13-25(38)34-21(11-9-14-33-28(32)36-37(41)42)26(39)35-24(15-18(2)3)31-44-23-17-20-16-22(29(20,4)5)30(23,6)45-31/h18-24H,8-17H2,1-7H3,(H,34,38)(H,35,39)(H3,32,33,36)/t19?,20-,21-,22-,23+,24-,30-/m0/s1. The van der Waals surface area contributed by atoms with Gasteiger partial charge in [0.2, 0.25) is 11.8 Å². The van der Waals surface area contributed by atoms with Crippen LogP contribution in [0.15, 0.2) is 4.99 Å². The predicted molar refractivity (Wildman–Crippen MR) is 169 cm³/mol. The van der Waals surface area contributed by atoms with Gasteiger partial charge in [0.1, 0.15) is 6.04 Å². The number of nitro groups is 1. The molecule has 0 aromatic heterocycles. The molecule has 4 aliphatic rings. The molecule has 4 rings (SSSR count). The van der Waals surface area contributed by atoms with Crippen molar-refractivity contribution in [3.63, 3.8) is 0 Å². The molecule has 1 unspecified atom stereocenters. The van der Waals surface area contributed by atoms with Crippen molar-refractivity contribution in [3.8, 4) is 0 Å². The number of esters is 1. The molecule has 45 heavy (non-hydrogen) atoms. The summed E-state index contributed by atoms with van der Waals surface area (Å²) in [6, 6.07) is -0.916. The Kier molecular flexibility index (Phi) is 12.6. The van der Waals surface area contributed by atoms with Crippen molar-refractivity contribution in [2.24, 2.45) is 39.8 Å². The molecule has 5 N–H and O–H groups in total. The smallest absolute Gasteiger partial charge is 0.469 e. The monoisotopic (exact) mass is 636 g/mol. The van der Waals surface area contributed by atoms with E-state index in [1.165, 1.54) is 7.11 Å². The molecule has 0 spiro atoms. The first-order chi connectivity index (χ1) is 21.1. The summed E-state index contributed by atoms with van der Waals surface area (Å²) in [6.07, 6.45) is 4.86. The fourth-order valence-corrected chi connectivity index (χ4v) is 7.46. The van der Waals surface area contributed by atoms with Gasteiger partial charge in [-0.1, -0.05) is 46.5 Å². The minimum Gasteiger partial charge on any atom is -0.469 e. The van der Waals surface area contributed by atoms with Crippen LogP contribution in [0.2, 0.25) is 0 Å². The van der Waals surface area contributed by atoms with E-state index in [4.69, 9.17) is 19.8 Å². The Morgan fingerprint density at radius 3 is 2.47 bits per heavy atom. The molecule has 0 aromatic carbocycles. The molecule has 4 fully saturated rings. The lowest BCUT2D eigenvalue weighted by Gasteiger charge is -2.64. The normalized spacial score (nSPS) is 27.1. The second kappa shape index (κ2) is 15.6. The highest BCUT2D eigenvalue weighted by atomic mass is 16.7. The quantitative estimate of drug-likeness (QED) is 0.0350. The molecule has 2 amide bonds. The zero-order valence-electron chi connectivity index (χ0n) is 27.9. The molecule has 1 saturated heterocycles. The first-order valence-electron chi connectivity index (χ1n) is 16.3. The molecule has 3 saturated carbocycles. The van der Waals surface area contributed by atoms with Gasteiger partial charge in [0, 0.05) is 13.0 Å². The average Bonchev–Trinajstić information content (AvgIpc) is 3.32. The number of nitrogens with two attached hydrogens (primary N) is 1. The lowest BCUT2D eigenvalue weighted by atomic mass is 9.43. The van der Waals surface area contributed by atoms with E-state index < -0.39 is 35.7 Å². The fraction of sp³-hybridized carbons (Fsp3) is 0.867. The van der Waals surface area contributed by atoms with Crippen molar-refractivity contribution < 1.29 is 33.5 Å². The number of guanidine groups is 1. The van der Waals surface area contributed by atoms with Crippen molar-refractivity contribution in [1.82, 2.24) is 16.1 Å². The van der Waals surface area contributed by atoms with E-state index in [-0.39, 0.29) is 60.6 Å². The maximum Gasteiger partial charge on any atom is 0.481 e. The summed E-state index contributed by atoms with van der Waals surface area (Å²) < 4.78 is 18.1. The predicted octanol–water partition coefficient (Wildman–Crippen LogP) is 2.52. The zero-order chi connectivity index (χ0) is 33.5. The fourth-order valence-electron chi connectivity index (χ4n) is 7.46. The SMILES string of the molecule is CCCC(CCC(=O)N[C@@H](CCCN=C(N)N[N+](=O)[O-])C(=O)N[C@@H](CC(C)C)B1O[C@@H]2C[C@@H]3C[C@@H](C3(C)C)[C@]2(C)O1)C(=O)OC. The second-order valence-corrected chi connectivity index (χ2v) is 14.0. The Morgan fingerprint density at radius 2 is 1.87 bits per heavy atom. The van der Waals surface area contributed by atoms with Crippen LogP contribution in [0.25, 0.3) is 0 Å². The van der Waals surface area contributed by atoms with Crippen LogP contribution >= 0.6 is 0 Å². The van der Waals surface area contributed by atoms with Crippen molar-refractivity contribution in [3.05, 3.63) is 10.1 Å². The van der Waals surface area contributed by atoms with Crippen molar-refractivity contribution in [1.29, 1.82) is 0 Å². The van der Waals surface area contributed by atoms with Gasteiger partial charge in [0.05, 0.1) is 30.7 Å². The highest BCUT2D eigenvalue weighted by Gasteiger charge is 2.68. The van der Waals surface area contributed by atoms with Crippen LogP contribution in [-0.4, -0.2) is 73.2 Å². The van der Waals surface area contributed by atoms with Crippen LogP contribution in [0.5, 0.6) is 0 Å². The van der Waals surface area contributed by atoms with Gasteiger partial charge in [0.25, 0.3) is 5.96 Å². The average molecular weight is 637 g/mol. The number of aliphatic imine (C=N–C) groups is 1. The number of carbonyl (C=O) groups is 3. The maximum absolute atomic E-state index is 13.8. The number of ether oxygens (including phenoxy) is 1. The molecule has 14 nitrogen and oxygen atoms in total. The molecule has 1 heterocycles. The summed E-state index contributed by atoms with van der Waals surface area (Å²) in [6.45, 7) is 12.9. The molecule has 7 atom stereocenters. The van der Waals surface area contributed by atoms with Crippen LogP contribution in [0, 0.1) is 39.2 Å². The Hall–Kier alpha value is -2.94. The van der Waals surface area contributed by atoms with Gasteiger partial charge in [0.15, 0.2) is 5.03 Å². The highest BCUT2D eigenvalue weighted by molar-refractivity contribution is 6.48. The summed E-state index contributed by atoms with van der Waals surface area (Å²) in [5, 5.41) is 15.7. The number of nitrogens with zero attached hydrogens (tertiary/aromatic N) is 2. The van der Waals surface area contributed by atoms with Gasteiger partial charge >= 0.3 is 13.1 Å². The minimum absolute atomic E-state index is 0.0386. The number of hydrogen-bond acceptors (Lipinski definition) is 9. The second-order valence-electron chi connectivity index (χ2n) is 14.0. The first-order valence-corrected chi connectivity index (χ1v) is 16.3. The van der Waals surface area contributed by atoms with E-state index in [1.807, 2.05) is 6.92 Å². The summed E-state index contributed by atoms with van der Waals surface area (Å²) in [5.41, 5.74) is 7.05. The third-order valence-corrected chi connectivity index (χ3v) is 10.0. The lowest BCUT2D eigenvalue weighted by Crippen LogP contribution is -2.65. The Morgan fingerprint density at radius 1 is 1.16 bits per heavy atom. The van der Waals surface area contributed by atoms with Crippen LogP contribution in [0.1, 0.15) is 99.3 Å². The van der Waals surface area contributed by atoms with Crippen LogP contribution < -0.4 is 21.8 Å². The van der Waals surface area contributed by atoms with E-state index in [1.54, 1.807) is 5.43 Å². The van der Waals surface area contributed by atoms with Crippen LogP contribution in [0.3, 0.4) is 0 Å². The number of hydrazine groups is 1. The molecule has 3 aliphatic carbocycles. The summed E-state index contributed by atoms with van der Waals surface area (Å²) in [7, 11) is 0.706. The van der Waals surface area contributed by atoms with Crippen molar-refractivity contribution in [2.75, 3.05) is 13.7 Å². The number of nitrogens with one attached hydrogen (secondary N) is 3. The molecule has 0 aromatic rings. The van der Waals surface area contributed by atoms with Crippen molar-refractivity contribution >= 4 is 30.9 Å². The lowest BCUT2D eigenvalue weighted by molar-refractivity contribution is -0.525. The van der Waals surface area contributed by atoms with Gasteiger partial charge in [-0.05, 0) is 75.0 Å². The van der Waals surface area contributed by atoms with Gasteiger partial charge in [-0.15, -0.1) is 0 Å². The van der Waals surface area contributed by atoms with E-state index >= 15 is 0 Å². The highest BCUT2D eigenvalue weighted by Crippen LogP contribution is 2.65. The number of rotatable bonds is 17. The van der Waals surface area contributed by atoms with Gasteiger partial charge in [-0.3, -0.25) is 14.4 Å². The Labute approximate surface area is 267 Å². The van der Waals surface area contributed by atoms with Crippen molar-refractivity contribution in [2.45, 2.75) is 123 Å². The number of hydrogen-bond donors (Lipinski definition) is 4. The van der Waals surface area contributed by atoms with Crippen LogP contribution in [-0.2, 0) is 28.4 Å². The van der Waals surface area contributed by atoms with Gasteiger partial charge in [-0.25, -0.2) is 15.1 Å². The first kappa shape index (κ1) is 36.5. The van der Waals surface area contributed by atoms with E-state index in [9.17, 15) is 24.5 Å². The van der Waals surface area contributed by atoms with Crippen LogP contribution in [0.4, 0.5) is 0 Å². The number of methoxy groups -OCH3 is 1. The summed E-state index contributed by atoms with van der Waals surface area (Å²) in [4.78, 5) is 53.5. The van der Waals surface area contributed by atoms with E-state index in [0.717, 1.165) is 19.3 Å². The summed E-state index contributed by atoms with van der Waals surface area (Å²) >= 11 is 0. The maximum atomic E-state index is 13.8. The molecule has 1 aliphatic heterocycles. The Bertz CT molecular complexity index is 1110. The topological polar surface area (TPSA) is 197 Å². The molecule has 0 radical (unpaired) electrons. The van der Waals surface area contributed by atoms with Gasteiger partial charge < -0.3 is 30.4 Å². The zero-order valence-corrected chi connectivity index (χ0v) is 27.9. The largest absolute Gasteiger partial charge is 0.481 e. The molecular formula is C30H53BN6O8. The number of amides is 2. The molecule has 2 bridgehead atoms. The minimum atomic E-state index is -0.916. The van der Waals surface area contributed by atoms with Gasteiger partial charge in [-0.2, -0.15) is 0 Å². The third kappa shape index (κ3) is 9.08. The van der Waals surface area contributed by atoms with E-state index in [0.29, 0.717) is 37.5 Å². The third-order valence-electron chi connectivity index (χ3n) is 10.0. The van der Waals surface area contributed by atoms with E-state index in [2.05, 4.69) is 50.2 Å². The molecule has 15 heteroatoms. The molecule has 254 valence electrons. The molecular weight excluding hydrogens is 583 g/mol. The Balaban J connectivity index is 1.71. The summed E-state index contributed by atoms with van der Waals surface area (Å²) in [5.74, 6) is -1.11. The number of carbonyl (C=O) groups excluding carboxylic acids is 3.